The number of rotatable bonds is 4. The zero-order valence-corrected chi connectivity index (χ0v) is 13.8. The van der Waals surface area contributed by atoms with Gasteiger partial charge in [-0.3, -0.25) is 10.1 Å². The summed E-state index contributed by atoms with van der Waals surface area (Å²) in [4.78, 5) is 20.3. The zero-order chi connectivity index (χ0) is 15.9. The zero-order valence-electron chi connectivity index (χ0n) is 12.2. The van der Waals surface area contributed by atoms with Gasteiger partial charge in [0.2, 0.25) is 5.91 Å². The minimum atomic E-state index is -0.0253. The van der Waals surface area contributed by atoms with E-state index >= 15 is 0 Å². The van der Waals surface area contributed by atoms with Crippen molar-refractivity contribution in [3.63, 3.8) is 0 Å². The minimum absolute atomic E-state index is 0.0253. The van der Waals surface area contributed by atoms with Crippen molar-refractivity contribution >= 4 is 55.2 Å². The van der Waals surface area contributed by atoms with Crippen LogP contribution < -0.4 is 10.6 Å². The quantitative estimate of drug-likeness (QED) is 0.387. The summed E-state index contributed by atoms with van der Waals surface area (Å²) in [5, 5.41) is 15.1. The smallest absolute Gasteiger partial charge is 0.226 e. The van der Waals surface area contributed by atoms with Gasteiger partial charge >= 0.3 is 0 Å². The van der Waals surface area contributed by atoms with Crippen molar-refractivity contribution in [3.05, 3.63) is 18.2 Å². The number of amides is 1. The predicted molar refractivity (Wildman–Crippen MR) is 92.5 cm³/mol. The minimum Gasteiger partial charge on any atom is -0.302 e. The van der Waals surface area contributed by atoms with E-state index < -0.39 is 0 Å². The number of nitrogens with zero attached hydrogens (tertiary/aromatic N) is 3. The molecule has 1 aromatic heterocycles. The van der Waals surface area contributed by atoms with Crippen LogP contribution in [0.25, 0.3) is 10.2 Å². The summed E-state index contributed by atoms with van der Waals surface area (Å²) in [5.74, 6) is -0.0253. The molecule has 0 saturated carbocycles. The van der Waals surface area contributed by atoms with E-state index in [-0.39, 0.29) is 5.91 Å². The third kappa shape index (κ3) is 4.19. The molecule has 0 aliphatic heterocycles. The van der Waals surface area contributed by atoms with Crippen LogP contribution in [0.2, 0.25) is 0 Å². The lowest BCUT2D eigenvalue weighted by molar-refractivity contribution is -0.116. The van der Waals surface area contributed by atoms with Crippen molar-refractivity contribution in [1.29, 1.82) is 5.26 Å². The maximum atomic E-state index is 11.6. The number of hydrogen-bond acceptors (Lipinski definition) is 6. The summed E-state index contributed by atoms with van der Waals surface area (Å²) < 4.78 is 0.936. The van der Waals surface area contributed by atoms with Crippen molar-refractivity contribution in [2.45, 2.75) is 19.8 Å². The molecule has 114 valence electrons. The highest BCUT2D eigenvalue weighted by Crippen LogP contribution is 2.29. The van der Waals surface area contributed by atoms with Gasteiger partial charge in [0, 0.05) is 6.42 Å². The standard InChI is InChI=1S/C14H15N5OS2/c1-3-4-12(20)19-14-18-10-6-5-9(7-11(10)22-14)17-13(21-2)16-8-15/h5-7H,3-4H2,1-2H3,(H,16,17)(H,18,19,20). The summed E-state index contributed by atoms with van der Waals surface area (Å²) in [6, 6.07) is 5.57. The van der Waals surface area contributed by atoms with Crippen molar-refractivity contribution in [2.24, 2.45) is 4.99 Å². The van der Waals surface area contributed by atoms with Gasteiger partial charge in [-0.15, -0.1) is 0 Å². The van der Waals surface area contributed by atoms with Crippen LogP contribution in [0.5, 0.6) is 0 Å². The van der Waals surface area contributed by atoms with Crippen molar-refractivity contribution in [2.75, 3.05) is 11.6 Å². The first kappa shape index (κ1) is 16.3. The van der Waals surface area contributed by atoms with Gasteiger partial charge in [-0.05, 0) is 30.9 Å². The molecule has 6 nitrogen and oxygen atoms in total. The fourth-order valence-electron chi connectivity index (χ4n) is 1.73. The Labute approximate surface area is 136 Å². The Hall–Kier alpha value is -2.11. The number of thiazole rings is 1. The number of benzene rings is 1. The van der Waals surface area contributed by atoms with Gasteiger partial charge in [0.05, 0.1) is 15.9 Å². The highest BCUT2D eigenvalue weighted by atomic mass is 32.2. The average Bonchev–Trinajstić information content (AvgIpc) is 2.88. The molecule has 0 bridgehead atoms. The number of fused-ring (bicyclic) bond motifs is 1. The highest BCUT2D eigenvalue weighted by Gasteiger charge is 2.08. The van der Waals surface area contributed by atoms with E-state index in [0.29, 0.717) is 16.7 Å². The molecule has 2 rings (SSSR count). The van der Waals surface area contributed by atoms with Gasteiger partial charge in [0.25, 0.3) is 0 Å². The van der Waals surface area contributed by atoms with Crippen LogP contribution in [-0.4, -0.2) is 22.3 Å². The van der Waals surface area contributed by atoms with Gasteiger partial charge in [-0.1, -0.05) is 30.0 Å². The fraction of sp³-hybridized carbons (Fsp3) is 0.286. The first-order chi connectivity index (χ1) is 10.7. The summed E-state index contributed by atoms with van der Waals surface area (Å²) in [6.07, 6.45) is 4.99. The average molecular weight is 333 g/mol. The summed E-state index contributed by atoms with van der Waals surface area (Å²) in [7, 11) is 0. The Balaban J connectivity index is 2.24. The molecule has 8 heteroatoms. The molecule has 0 saturated heterocycles. The topological polar surface area (TPSA) is 90.2 Å². The lowest BCUT2D eigenvalue weighted by atomic mass is 10.3. The van der Waals surface area contributed by atoms with Crippen LogP contribution in [0, 0.1) is 11.5 Å². The molecule has 2 aromatic rings. The lowest BCUT2D eigenvalue weighted by Crippen LogP contribution is -2.12. The fourth-order valence-corrected chi connectivity index (χ4v) is 2.99. The van der Waals surface area contributed by atoms with Crippen LogP contribution in [0.3, 0.4) is 0 Å². The van der Waals surface area contributed by atoms with Gasteiger partial charge in [-0.25, -0.2) is 9.98 Å². The predicted octanol–water partition coefficient (Wildman–Crippen LogP) is 3.46. The number of nitriles is 1. The van der Waals surface area contributed by atoms with E-state index in [0.717, 1.165) is 22.3 Å². The number of carbonyl (C=O) groups excluding carboxylic acids is 1. The molecule has 1 aromatic carbocycles. The Morgan fingerprint density at radius 2 is 2.36 bits per heavy atom. The molecule has 2 N–H and O–H groups in total. The third-order valence-electron chi connectivity index (χ3n) is 2.68. The van der Waals surface area contributed by atoms with Gasteiger partial charge < -0.3 is 5.32 Å². The number of nitrogens with one attached hydrogen (secondary N) is 2. The summed E-state index contributed by atoms with van der Waals surface area (Å²) in [6.45, 7) is 1.96. The molecule has 0 fully saturated rings. The van der Waals surface area contributed by atoms with E-state index in [2.05, 4.69) is 20.6 Å². The molecular weight excluding hydrogens is 318 g/mol. The van der Waals surface area contributed by atoms with Crippen molar-refractivity contribution < 1.29 is 4.79 Å². The number of aliphatic imine (C=N–C) groups is 1. The second kappa shape index (κ2) is 7.77. The number of anilines is 1. The highest BCUT2D eigenvalue weighted by molar-refractivity contribution is 8.13. The van der Waals surface area contributed by atoms with E-state index in [9.17, 15) is 4.79 Å². The van der Waals surface area contributed by atoms with Gasteiger partial charge in [0.1, 0.15) is 0 Å². The molecule has 0 aliphatic carbocycles. The molecule has 0 radical (unpaired) electrons. The SMILES string of the molecule is CCCC(=O)Nc1nc2ccc(N=C(NC#N)SC)cc2s1. The summed E-state index contributed by atoms with van der Waals surface area (Å²) >= 11 is 2.77. The van der Waals surface area contributed by atoms with E-state index in [1.165, 1.54) is 23.1 Å². The Bertz CT molecular complexity index is 747. The maximum absolute atomic E-state index is 11.6. The first-order valence-electron chi connectivity index (χ1n) is 6.64. The van der Waals surface area contributed by atoms with Gasteiger partial charge in [0.15, 0.2) is 16.5 Å². The lowest BCUT2D eigenvalue weighted by Gasteiger charge is -1.99. The number of aromatic nitrogens is 1. The molecule has 0 atom stereocenters. The first-order valence-corrected chi connectivity index (χ1v) is 8.68. The van der Waals surface area contributed by atoms with Crippen LogP contribution in [0.15, 0.2) is 23.2 Å². The number of carbonyl (C=O) groups is 1. The molecule has 0 spiro atoms. The number of amidine groups is 1. The molecular formula is C14H15N5OS2. The molecule has 22 heavy (non-hydrogen) atoms. The van der Waals surface area contributed by atoms with Crippen LogP contribution in [0.1, 0.15) is 19.8 Å². The molecule has 0 unspecified atom stereocenters. The van der Waals surface area contributed by atoms with Crippen molar-refractivity contribution in [3.8, 4) is 6.19 Å². The monoisotopic (exact) mass is 333 g/mol. The van der Waals surface area contributed by atoms with Crippen LogP contribution in [-0.2, 0) is 4.79 Å². The van der Waals surface area contributed by atoms with Crippen molar-refractivity contribution in [1.82, 2.24) is 10.3 Å². The Kier molecular flexibility index (Phi) is 5.75. The second-order valence-corrected chi connectivity index (χ2v) is 6.15. The molecule has 1 amide bonds. The van der Waals surface area contributed by atoms with E-state index in [1.807, 2.05) is 37.6 Å². The van der Waals surface area contributed by atoms with Crippen LogP contribution >= 0.6 is 23.1 Å². The third-order valence-corrected chi connectivity index (χ3v) is 4.20. The van der Waals surface area contributed by atoms with Gasteiger partial charge in [-0.2, -0.15) is 5.26 Å². The number of thioether (sulfide) groups is 1. The summed E-state index contributed by atoms with van der Waals surface area (Å²) in [5.41, 5.74) is 1.55. The van der Waals surface area contributed by atoms with E-state index in [4.69, 9.17) is 5.26 Å². The second-order valence-electron chi connectivity index (χ2n) is 4.33. The normalized spacial score (nSPS) is 11.2. The number of hydrogen-bond donors (Lipinski definition) is 2. The van der Waals surface area contributed by atoms with E-state index in [1.54, 1.807) is 0 Å². The molecule has 0 aliphatic rings. The maximum Gasteiger partial charge on any atom is 0.226 e. The Morgan fingerprint density at radius 1 is 1.55 bits per heavy atom. The Morgan fingerprint density at radius 3 is 3.05 bits per heavy atom. The van der Waals surface area contributed by atoms with Crippen LogP contribution in [0.4, 0.5) is 10.8 Å². The largest absolute Gasteiger partial charge is 0.302 e. The molecule has 1 heterocycles.